The number of aldehydes is 1. The van der Waals surface area contributed by atoms with Gasteiger partial charge < -0.3 is 122 Å². The molecule has 0 aromatic carbocycles. The first-order valence-electron chi connectivity index (χ1n) is 46.4. The quantitative estimate of drug-likeness (QED) is 0.0190. The number of nitrogens with two attached hydrogens (primary N) is 4. The predicted octanol–water partition coefficient (Wildman–Crippen LogP) is 6.06. The largest absolute Gasteiger partial charge is 0.481 e. The van der Waals surface area contributed by atoms with E-state index in [-0.39, 0.29) is 153 Å². The molecule has 7 aromatic heterocycles. The summed E-state index contributed by atoms with van der Waals surface area (Å²) in [6.45, 7) is 38.3. The lowest BCUT2D eigenvalue weighted by atomic mass is 9.94. The van der Waals surface area contributed by atoms with E-state index in [1.165, 1.54) is 37.2 Å². The van der Waals surface area contributed by atoms with Crippen LogP contribution in [0.3, 0.4) is 0 Å². The second-order valence-electron chi connectivity index (χ2n) is 35.6. The van der Waals surface area contributed by atoms with E-state index in [1.54, 1.807) is 4.90 Å². The van der Waals surface area contributed by atoms with Gasteiger partial charge in [0.15, 0.2) is 58.5 Å². The Morgan fingerprint density at radius 2 is 0.789 bits per heavy atom. The van der Waals surface area contributed by atoms with Crippen LogP contribution in [0.5, 0.6) is 0 Å². The van der Waals surface area contributed by atoms with Crippen molar-refractivity contribution in [1.82, 2.24) is 88.8 Å². The molecule has 43 nitrogen and oxygen atoms in total. The summed E-state index contributed by atoms with van der Waals surface area (Å²) in [6.07, 6.45) is 18.7. The highest BCUT2D eigenvalue weighted by atomic mass is 35.5. The monoisotopic (exact) mass is 2010 g/mol. The Kier molecular flexibility index (Phi) is 43.6. The number of carbonyl (C=O) groups is 10. The van der Waals surface area contributed by atoms with Crippen LogP contribution < -0.4 is 58.5 Å². The summed E-state index contributed by atoms with van der Waals surface area (Å²) in [5.41, 5.74) is 25.3. The van der Waals surface area contributed by atoms with Gasteiger partial charge >= 0.3 is 18.4 Å². The van der Waals surface area contributed by atoms with Crippen molar-refractivity contribution in [3.63, 3.8) is 0 Å². The van der Waals surface area contributed by atoms with E-state index in [0.29, 0.717) is 102 Å². The topological polar surface area (TPSA) is 513 Å². The molecule has 0 bridgehead atoms. The van der Waals surface area contributed by atoms with Gasteiger partial charge in [-0.3, -0.25) is 68.2 Å². The number of H-pyrrole nitrogens is 1. The number of aliphatic carboxylic acids is 2. The van der Waals surface area contributed by atoms with Crippen LogP contribution in [0, 0.1) is 65.9 Å². The van der Waals surface area contributed by atoms with Gasteiger partial charge in [0.05, 0.1) is 90.4 Å². The Hall–Kier alpha value is -14.0. The van der Waals surface area contributed by atoms with Crippen LogP contribution in [0.1, 0.15) is 107 Å². The molecule has 14 N–H and O–H groups in total. The number of aromatic nitrogens is 9. The third-order valence-corrected chi connectivity index (χ3v) is 25.0. The van der Waals surface area contributed by atoms with Gasteiger partial charge in [-0.2, -0.15) is 5.10 Å². The number of nitrogens with one attached hydrogen (secondary N) is 4. The van der Waals surface area contributed by atoms with E-state index in [1.807, 2.05) is 73.9 Å². The molecule has 0 radical (unpaired) electrons. The maximum atomic E-state index is 15.0. The van der Waals surface area contributed by atoms with Gasteiger partial charge in [-0.25, -0.2) is 53.8 Å². The molecule has 50 heteroatoms. The van der Waals surface area contributed by atoms with Crippen molar-refractivity contribution in [3.05, 3.63) is 137 Å². The van der Waals surface area contributed by atoms with Gasteiger partial charge in [0.1, 0.15) is 34.0 Å². The summed E-state index contributed by atoms with van der Waals surface area (Å²) in [5, 5.41) is 33.0. The molecule has 8 saturated heterocycles. The van der Waals surface area contributed by atoms with Gasteiger partial charge in [-0.1, -0.05) is 0 Å². The van der Waals surface area contributed by atoms with E-state index in [4.69, 9.17) is 51.1 Å². The molecule has 8 aliphatic rings. The average molecular weight is 2010 g/mol. The Balaban J connectivity index is 0.000000217. The summed E-state index contributed by atoms with van der Waals surface area (Å²) in [6, 6.07) is 0.409. The average Bonchev–Trinajstić information content (AvgIpc) is 1.65. The number of piperazine rings is 4. The molecule has 0 spiro atoms. The second kappa shape index (κ2) is 54.7. The van der Waals surface area contributed by atoms with Crippen LogP contribution in [0.4, 0.5) is 89.3 Å². The molecule has 15 rings (SSSR count). The highest BCUT2D eigenvalue weighted by Gasteiger charge is 2.38. The molecule has 0 atom stereocenters. The first-order chi connectivity index (χ1) is 67.2. The summed E-state index contributed by atoms with van der Waals surface area (Å²) in [4.78, 5) is 168. The zero-order chi connectivity index (χ0) is 103. The molecule has 8 aliphatic heterocycles. The molecule has 15 heterocycles. The normalized spacial score (nSPS) is 17.0. The minimum absolute atomic E-state index is 0. The van der Waals surface area contributed by atoms with Gasteiger partial charge in [0.25, 0.3) is 24.3 Å². The SMILES string of the molecule is CC(=O)O.CC(C)N(/C=C(\F)C=O)C(C)C.CN1CCN(C(=O)C2CCN(c3c(F)cncc3NC(=O)c3c(N)n[nH]c3N)CC2)CC1.CN1CCN(C(=O)C2CCN(c3c(F)cncc3NC(=O)c3c(N)nn4cc(F)cnc34)CC2)CC1.CN1CCN(C(=O)C2CCN(c3c(N)cncc3F)CC2)CC1.Cl.[C-]#[N+]CC(=O)Nc1cncc(F)c1N1CCC(C(=O)N2CCN(C)CC2)CC1.[C-]#[N+]CC(=O)O. The number of aromatic amines is 1. The summed E-state index contributed by atoms with van der Waals surface area (Å²) < 4.78 is 85.2. The number of allylic oxidation sites excluding steroid dienone is 1. The standard InChI is InChI=1S/C23H27F2N9O2.C20H28FN9O2.C19H25FN6O2.C16H24FN5O.C9H16FNO.C3H3NO2.C2H4O2.ClH/c1-31-6-8-33(9-7-31)23(36)14-2-4-32(5-3-14)19-16(25)11-27-12-17(19)29-22(35)18-20(26)30-34-13-15(24)10-28-21(18)34;1-28-6-8-30(9-7-28)20(32)12-2-4-29(5-3-12)16-13(21)10-24-11-14(16)25-19(31)15-17(22)26-27-18(15)23;1-21-13-17(27)23-16-12-22-11-15(20)18(16)25-5-3-14(4-6-25)19(28)26-9-7-24(2)8-10-26;1-20-6-8-22(9-7-20)16(23)12-2-4-21(5-3-12)15-13(17)10-19-11-14(15)18;1-7(2)11(8(3)4)5-9(10)6-12;1-4-2-3(5)6;1-2(3)4;/h10-14H,2-9H2,1H3,(H2,26,30)(H,29,35);10-12H,2-9H2,1H3,(H,25,31)(H5,22,23,26,27);11-12,14H,3-10,13H2,2H3,(H,23,27);10-12H,2-9,18H2,1H3;5-8H,1-4H3;2H2,(H,5,6);1H3,(H,3,4);1H/b;;;;9-5-;;;. The molecule has 142 heavy (non-hydrogen) atoms. The zero-order valence-corrected chi connectivity index (χ0v) is 82.0. The van der Waals surface area contributed by atoms with Crippen molar-refractivity contribution in [3.8, 4) is 0 Å². The maximum Gasteiger partial charge on any atom is 0.384 e. The van der Waals surface area contributed by atoms with E-state index in [2.05, 4.69) is 107 Å². The Morgan fingerprint density at radius 1 is 0.472 bits per heavy atom. The van der Waals surface area contributed by atoms with Crippen LogP contribution in [0.2, 0.25) is 0 Å². The Labute approximate surface area is 825 Å². The van der Waals surface area contributed by atoms with E-state index in [9.17, 15) is 69.5 Å². The lowest BCUT2D eigenvalue weighted by Crippen LogP contribution is -2.50. The predicted molar refractivity (Wildman–Crippen MR) is 525 cm³/mol. The zero-order valence-electron chi connectivity index (χ0n) is 81.2. The van der Waals surface area contributed by atoms with Crippen molar-refractivity contribution in [1.29, 1.82) is 0 Å². The summed E-state index contributed by atoms with van der Waals surface area (Å²) in [7, 11) is 8.22. The Morgan fingerprint density at radius 3 is 1.08 bits per heavy atom. The lowest BCUT2D eigenvalue weighted by molar-refractivity contribution is -0.138. The highest BCUT2D eigenvalue weighted by Crippen LogP contribution is 2.39. The van der Waals surface area contributed by atoms with Crippen molar-refractivity contribution in [2.24, 2.45) is 23.7 Å². The number of likely N-dealkylation sites (N-methyl/N-ethyl adjacent to an activating group) is 4. The number of hydrogen-bond acceptors (Lipinski definition) is 30. The number of fused-ring (bicyclic) bond motifs is 1. The Bertz CT molecular complexity index is 5500. The summed E-state index contributed by atoms with van der Waals surface area (Å²) >= 11 is 0. The van der Waals surface area contributed by atoms with Gasteiger partial charge in [0.2, 0.25) is 23.6 Å². The van der Waals surface area contributed by atoms with E-state index in [0.717, 1.165) is 160 Å². The summed E-state index contributed by atoms with van der Waals surface area (Å²) in [5.74, 6) is -6.70. The molecular formula is C92H128ClF6N31O12. The van der Waals surface area contributed by atoms with E-state index < -0.39 is 71.1 Å². The maximum absolute atomic E-state index is 15.0. The number of carboxylic acid groups (broad SMARTS) is 2. The van der Waals surface area contributed by atoms with Gasteiger partial charge in [-0.15, -0.1) is 17.5 Å². The molecular weight excluding hydrogens is 1880 g/mol. The van der Waals surface area contributed by atoms with Crippen molar-refractivity contribution >= 4 is 141 Å². The number of nitrogens with zero attached hydrogens (tertiary/aromatic N) is 23. The number of nitrogen functional groups attached to an aromatic ring is 4. The molecule has 7 aromatic rings. The van der Waals surface area contributed by atoms with E-state index >= 15 is 0 Å². The minimum Gasteiger partial charge on any atom is -0.481 e. The fourth-order valence-electron chi connectivity index (χ4n) is 17.4. The molecule has 8 fully saturated rings. The molecule has 0 aliphatic carbocycles. The first-order valence-corrected chi connectivity index (χ1v) is 46.4. The number of anilines is 11. The van der Waals surface area contributed by atoms with Crippen LogP contribution in [-0.2, 0) is 38.4 Å². The van der Waals surface area contributed by atoms with Crippen LogP contribution in [-0.4, -0.2) is 369 Å². The van der Waals surface area contributed by atoms with Gasteiger partial charge in [0, 0.05) is 206 Å². The van der Waals surface area contributed by atoms with Crippen molar-refractivity contribution in [2.75, 3.05) is 257 Å². The van der Waals surface area contributed by atoms with Crippen LogP contribution >= 0.6 is 12.4 Å². The number of carboxylic acids is 2. The molecule has 772 valence electrons. The smallest absolute Gasteiger partial charge is 0.384 e. The van der Waals surface area contributed by atoms with Crippen LogP contribution in [0.15, 0.2) is 74.0 Å². The number of carbonyl (C=O) groups excluding carboxylic acids is 8. The van der Waals surface area contributed by atoms with Crippen molar-refractivity contribution in [2.45, 2.75) is 98.1 Å². The lowest BCUT2D eigenvalue weighted by Gasteiger charge is -2.38. The first kappa shape index (κ1) is 113. The second-order valence-corrected chi connectivity index (χ2v) is 35.6. The molecule has 0 unspecified atom stereocenters. The van der Waals surface area contributed by atoms with Crippen LogP contribution in [0.25, 0.3) is 15.3 Å². The highest BCUT2D eigenvalue weighted by molar-refractivity contribution is 6.13. The number of hydrogen-bond donors (Lipinski definition) is 10. The fourth-order valence-corrected chi connectivity index (χ4v) is 17.4. The third-order valence-electron chi connectivity index (χ3n) is 25.0. The minimum atomic E-state index is -1.06. The third kappa shape index (κ3) is 32.0. The fraction of sp³-hybridized carbons (Fsp3) is 0.533. The van der Waals surface area contributed by atoms with Crippen molar-refractivity contribution < 1.29 is 84.5 Å². The molecule has 0 saturated carbocycles. The number of halogens is 7. The molecule has 7 amide bonds. The van der Waals surface area contributed by atoms with Gasteiger partial charge in [-0.05, 0) is 107 Å². The number of piperidine rings is 4. The number of rotatable bonds is 19. The number of pyridine rings is 4. The number of amides is 7.